The average Bonchev–Trinajstić information content (AvgIpc) is 3.43. The smallest absolute Gasteiger partial charge is 0.238 e. The minimum atomic E-state index is 0.495. The molecule has 0 N–H and O–H groups in total. The second kappa shape index (κ2) is 20.5. The predicted octanol–water partition coefficient (Wildman–Crippen LogP) is 18.7. The summed E-state index contributed by atoms with van der Waals surface area (Å²) in [4.78, 5) is 21.0. The van der Waals surface area contributed by atoms with Gasteiger partial charge in [0, 0.05) is 28.1 Å². The quantitative estimate of drug-likeness (QED) is 0.122. The van der Waals surface area contributed by atoms with Gasteiger partial charge in [0.15, 0.2) is 11.6 Å². The Balaban J connectivity index is 1.12. The van der Waals surface area contributed by atoms with Crippen LogP contribution in [0.1, 0.15) is 33.4 Å². The van der Waals surface area contributed by atoms with Gasteiger partial charge in [-0.3, -0.25) is 4.90 Å². The highest BCUT2D eigenvalue weighted by Crippen LogP contribution is 2.46. The number of anilines is 6. The molecule has 1 heterocycles. The van der Waals surface area contributed by atoms with Gasteiger partial charge < -0.3 is 4.90 Å². The lowest BCUT2D eigenvalue weighted by Crippen LogP contribution is -2.18. The van der Waals surface area contributed by atoms with Gasteiger partial charge >= 0.3 is 0 Å². The molecule has 5 nitrogen and oxygen atoms in total. The Morgan fingerprint density at radius 3 is 1.08 bits per heavy atom. The number of benzene rings is 10. The molecule has 0 spiro atoms. The molecule has 11 rings (SSSR count). The van der Waals surface area contributed by atoms with E-state index in [9.17, 15) is 0 Å². The van der Waals surface area contributed by atoms with Crippen LogP contribution in [-0.4, -0.2) is 15.0 Å². The van der Waals surface area contributed by atoms with Crippen LogP contribution in [0, 0.1) is 41.5 Å². The van der Waals surface area contributed by atoms with Crippen molar-refractivity contribution in [1.82, 2.24) is 15.0 Å². The van der Waals surface area contributed by atoms with Crippen LogP contribution < -0.4 is 9.80 Å². The monoisotopic (exact) mass is 955 g/mol. The van der Waals surface area contributed by atoms with E-state index >= 15 is 0 Å². The summed E-state index contributed by atoms with van der Waals surface area (Å²) in [5, 5.41) is 0. The van der Waals surface area contributed by atoms with Crippen LogP contribution in [0.15, 0.2) is 237 Å². The largest absolute Gasteiger partial charge is 0.309 e. The molecule has 358 valence electrons. The Morgan fingerprint density at radius 2 is 0.608 bits per heavy atom. The fourth-order valence-electron chi connectivity index (χ4n) is 10.7. The van der Waals surface area contributed by atoms with Crippen LogP contribution in [0.3, 0.4) is 0 Å². The van der Waals surface area contributed by atoms with Crippen molar-refractivity contribution in [3.8, 4) is 67.3 Å². The highest BCUT2D eigenvalue weighted by Gasteiger charge is 2.26. The first-order valence-corrected chi connectivity index (χ1v) is 25.3. The van der Waals surface area contributed by atoms with E-state index in [0.29, 0.717) is 17.6 Å². The van der Waals surface area contributed by atoms with E-state index in [-0.39, 0.29) is 0 Å². The number of nitrogens with zero attached hydrogens (tertiary/aromatic N) is 5. The van der Waals surface area contributed by atoms with Crippen molar-refractivity contribution in [3.05, 3.63) is 270 Å². The van der Waals surface area contributed by atoms with Crippen molar-refractivity contribution in [3.63, 3.8) is 0 Å². The summed E-state index contributed by atoms with van der Waals surface area (Å²) in [6, 6.07) is 83.8. The SMILES string of the molecule is Cc1cc(C)c(N(c2ccc(N(c3nc(-c4ccc(-c5ccccc5-c5ccccc5)cc4)nc(-c4ccccc4-c4ccccc4)n3)c3ccccc3-c3ccccc3)cc2)c2c(C)cc(C)cc2C)c(C)c1. The van der Waals surface area contributed by atoms with Gasteiger partial charge in [-0.15, -0.1) is 0 Å². The molecule has 0 aliphatic heterocycles. The zero-order chi connectivity index (χ0) is 50.7. The zero-order valence-electron chi connectivity index (χ0n) is 42.8. The number of para-hydroxylation sites is 1. The first-order valence-electron chi connectivity index (χ1n) is 25.3. The van der Waals surface area contributed by atoms with Crippen molar-refractivity contribution in [1.29, 1.82) is 0 Å². The minimum absolute atomic E-state index is 0.495. The topological polar surface area (TPSA) is 45.2 Å². The van der Waals surface area contributed by atoms with Crippen LogP contribution in [0.5, 0.6) is 0 Å². The summed E-state index contributed by atoms with van der Waals surface area (Å²) in [5.41, 5.74) is 23.3. The van der Waals surface area contributed by atoms with E-state index in [1.165, 1.54) is 55.9 Å². The van der Waals surface area contributed by atoms with Gasteiger partial charge in [-0.25, -0.2) is 4.98 Å². The van der Waals surface area contributed by atoms with E-state index < -0.39 is 0 Å². The molecule has 11 aromatic rings. The molecule has 0 radical (unpaired) electrons. The van der Waals surface area contributed by atoms with Crippen molar-refractivity contribution in [2.24, 2.45) is 0 Å². The molecule has 0 saturated heterocycles. The normalized spacial score (nSPS) is 11.1. The van der Waals surface area contributed by atoms with Gasteiger partial charge in [0.2, 0.25) is 5.95 Å². The van der Waals surface area contributed by atoms with Crippen molar-refractivity contribution in [2.75, 3.05) is 9.80 Å². The van der Waals surface area contributed by atoms with E-state index in [1.54, 1.807) is 0 Å². The maximum absolute atomic E-state index is 5.52. The van der Waals surface area contributed by atoms with Gasteiger partial charge in [-0.2, -0.15) is 9.97 Å². The summed E-state index contributed by atoms with van der Waals surface area (Å²) in [5.74, 6) is 1.63. The number of rotatable bonds is 12. The Labute approximate surface area is 435 Å². The third kappa shape index (κ3) is 9.40. The first-order chi connectivity index (χ1) is 36.2. The van der Waals surface area contributed by atoms with Crippen LogP contribution >= 0.6 is 0 Å². The van der Waals surface area contributed by atoms with Crippen LogP contribution in [-0.2, 0) is 0 Å². The molecule has 1 aromatic heterocycles. The van der Waals surface area contributed by atoms with E-state index in [0.717, 1.165) is 61.6 Å². The van der Waals surface area contributed by atoms with Crippen LogP contribution in [0.25, 0.3) is 67.3 Å². The molecular weight excluding hydrogens is 899 g/mol. The molecule has 10 aromatic carbocycles. The fourth-order valence-corrected chi connectivity index (χ4v) is 10.7. The maximum atomic E-state index is 5.52. The van der Waals surface area contributed by atoms with Gasteiger partial charge in [0.1, 0.15) is 0 Å². The van der Waals surface area contributed by atoms with E-state index in [4.69, 9.17) is 15.0 Å². The Morgan fingerprint density at radius 1 is 0.270 bits per heavy atom. The molecular formula is C69H57N5. The predicted molar refractivity (Wildman–Crippen MR) is 310 cm³/mol. The van der Waals surface area contributed by atoms with E-state index in [1.807, 2.05) is 6.07 Å². The molecule has 0 amide bonds. The highest BCUT2D eigenvalue weighted by molar-refractivity contribution is 5.90. The van der Waals surface area contributed by atoms with Crippen molar-refractivity contribution >= 4 is 34.4 Å². The van der Waals surface area contributed by atoms with Gasteiger partial charge in [-0.1, -0.05) is 217 Å². The Kier molecular flexibility index (Phi) is 13.1. The summed E-state index contributed by atoms with van der Waals surface area (Å²) in [7, 11) is 0. The lowest BCUT2D eigenvalue weighted by atomic mass is 9.94. The zero-order valence-corrected chi connectivity index (χ0v) is 42.8. The summed E-state index contributed by atoms with van der Waals surface area (Å²) < 4.78 is 0. The number of hydrogen-bond donors (Lipinski definition) is 0. The standard InChI is InChI=1S/C69H57N5/c1-46-42-48(3)65(49(4)43-46)74(66-50(5)44-47(2)45-51(66)6)58-40-38-57(39-41-58)73(64-33-21-20-31-62(64)54-26-14-9-15-27-54)69-71-67(70-68(72-69)63-32-19-18-30-61(63)53-24-12-8-13-25-53)56-36-34-55(35-37-56)60-29-17-16-28-59(60)52-22-10-7-11-23-52/h7-45H,1-6H3. The van der Waals surface area contributed by atoms with Gasteiger partial charge in [0.25, 0.3) is 0 Å². The van der Waals surface area contributed by atoms with Crippen molar-refractivity contribution in [2.45, 2.75) is 41.5 Å². The second-order valence-electron chi connectivity index (χ2n) is 19.2. The summed E-state index contributed by atoms with van der Waals surface area (Å²) in [6.45, 7) is 13.2. The molecule has 0 atom stereocenters. The molecule has 0 fully saturated rings. The fraction of sp³-hybridized carbons (Fsp3) is 0.0870. The minimum Gasteiger partial charge on any atom is -0.309 e. The summed E-state index contributed by atoms with van der Waals surface area (Å²) in [6.07, 6.45) is 0. The summed E-state index contributed by atoms with van der Waals surface area (Å²) >= 11 is 0. The lowest BCUT2D eigenvalue weighted by molar-refractivity contribution is 1.02. The third-order valence-corrected chi connectivity index (χ3v) is 13.9. The highest BCUT2D eigenvalue weighted by atomic mass is 15.3. The molecule has 0 bridgehead atoms. The number of aryl methyl sites for hydroxylation is 6. The Bertz CT molecular complexity index is 3670. The second-order valence-corrected chi connectivity index (χ2v) is 19.2. The van der Waals surface area contributed by atoms with Crippen LogP contribution in [0.2, 0.25) is 0 Å². The van der Waals surface area contributed by atoms with E-state index in [2.05, 4.69) is 282 Å². The number of hydrogen-bond acceptors (Lipinski definition) is 5. The van der Waals surface area contributed by atoms with Gasteiger partial charge in [-0.05, 0) is 133 Å². The maximum Gasteiger partial charge on any atom is 0.238 e. The molecule has 5 heteroatoms. The first kappa shape index (κ1) is 47.2. The van der Waals surface area contributed by atoms with Crippen LogP contribution in [0.4, 0.5) is 34.4 Å². The molecule has 0 aliphatic rings. The molecule has 74 heavy (non-hydrogen) atoms. The van der Waals surface area contributed by atoms with Gasteiger partial charge in [0.05, 0.1) is 17.1 Å². The lowest BCUT2D eigenvalue weighted by Gasteiger charge is -2.32. The average molecular weight is 956 g/mol. The number of aromatic nitrogens is 3. The molecule has 0 saturated carbocycles. The third-order valence-electron chi connectivity index (χ3n) is 13.9. The Hall–Kier alpha value is -9.19. The molecule has 0 aliphatic carbocycles. The molecule has 0 unspecified atom stereocenters. The van der Waals surface area contributed by atoms with Crippen molar-refractivity contribution < 1.29 is 0 Å².